The molecule has 0 aliphatic rings. The fraction of sp³-hybridized carbons (Fsp3) is 0.367. The van der Waals surface area contributed by atoms with E-state index in [1.54, 1.807) is 14.2 Å². The third-order valence-corrected chi connectivity index (χ3v) is 10.1. The molecule has 0 atom stereocenters. The van der Waals surface area contributed by atoms with Gasteiger partial charge in [-0.15, -0.1) is 15.0 Å². The minimum absolute atomic E-state index is 0.00896. The Kier molecular flexibility index (Phi) is 9.16. The number of hydrogen-bond donors (Lipinski definition) is 2. The van der Waals surface area contributed by atoms with E-state index in [0.29, 0.717) is 25.1 Å². The molecule has 1 aromatic heterocycles. The van der Waals surface area contributed by atoms with Crippen LogP contribution in [0.25, 0.3) is 27.8 Å². The first-order valence-electron chi connectivity index (χ1n) is 13.4. The maximum atomic E-state index is 12.5. The third-order valence-electron chi connectivity index (χ3n) is 7.14. The van der Waals surface area contributed by atoms with E-state index < -0.39 is 8.56 Å². The highest BCUT2D eigenvalue weighted by molar-refractivity contribution is 6.65. The summed E-state index contributed by atoms with van der Waals surface area (Å²) in [5, 5.41) is 23.5. The van der Waals surface area contributed by atoms with E-state index in [9.17, 15) is 9.90 Å². The van der Waals surface area contributed by atoms with E-state index in [0.717, 1.165) is 45.8 Å². The van der Waals surface area contributed by atoms with Crippen molar-refractivity contribution in [3.63, 3.8) is 0 Å². The molecule has 0 saturated carbocycles. The van der Waals surface area contributed by atoms with Crippen LogP contribution in [-0.2, 0) is 20.1 Å². The Morgan fingerprint density at radius 2 is 1.72 bits per heavy atom. The molecule has 0 spiro atoms. The number of rotatable bonds is 12. The number of amides is 1. The molecular weight excluding hydrogens is 508 g/mol. The van der Waals surface area contributed by atoms with Crippen LogP contribution in [0.15, 0.2) is 60.7 Å². The summed E-state index contributed by atoms with van der Waals surface area (Å²) in [6, 6.07) is 20.8. The minimum atomic E-state index is -2.12. The summed E-state index contributed by atoms with van der Waals surface area (Å²) in [6.07, 6.45) is 1.70. The Bertz CT molecular complexity index is 1420. The fourth-order valence-electron chi connectivity index (χ4n) is 4.54. The van der Waals surface area contributed by atoms with Gasteiger partial charge in [-0.1, -0.05) is 56.3 Å². The predicted molar refractivity (Wildman–Crippen MR) is 156 cm³/mol. The minimum Gasteiger partial charge on any atom is -0.505 e. The van der Waals surface area contributed by atoms with E-state index >= 15 is 0 Å². The molecule has 1 amide bonds. The van der Waals surface area contributed by atoms with Crippen molar-refractivity contribution in [1.82, 2.24) is 20.3 Å². The normalized spacial score (nSPS) is 11.8. The summed E-state index contributed by atoms with van der Waals surface area (Å²) in [5.41, 5.74) is 5.91. The molecule has 0 unspecified atom stereocenters. The first kappa shape index (κ1) is 28.5. The highest BCUT2D eigenvalue weighted by atomic mass is 28.4. The smallest absolute Gasteiger partial charge is 0.334 e. The van der Waals surface area contributed by atoms with Gasteiger partial charge in [0, 0.05) is 27.2 Å². The van der Waals surface area contributed by atoms with Crippen LogP contribution in [0.1, 0.15) is 43.7 Å². The molecule has 0 aliphatic heterocycles. The monoisotopic (exact) mass is 546 g/mol. The molecule has 0 aliphatic carbocycles. The number of nitrogens with one attached hydrogen (secondary N) is 1. The van der Waals surface area contributed by atoms with Crippen molar-refractivity contribution < 1.29 is 18.8 Å². The van der Waals surface area contributed by atoms with Crippen molar-refractivity contribution in [2.75, 3.05) is 20.8 Å². The van der Waals surface area contributed by atoms with Crippen LogP contribution in [-0.4, -0.2) is 55.3 Å². The summed E-state index contributed by atoms with van der Waals surface area (Å²) in [4.78, 5) is 14.0. The van der Waals surface area contributed by atoms with Crippen molar-refractivity contribution in [3.8, 4) is 22.6 Å². The van der Waals surface area contributed by atoms with Crippen molar-refractivity contribution in [2.45, 2.75) is 51.6 Å². The molecule has 4 aromatic rings. The number of aryl methyl sites for hydroxylation is 1. The number of nitrogens with zero attached hydrogens (tertiary/aromatic N) is 3. The zero-order valence-corrected chi connectivity index (χ0v) is 24.4. The fourth-order valence-corrected chi connectivity index (χ4v) is 5.94. The number of carbonyl (C=O) groups excluding carboxylic acids is 1. The Labute approximate surface area is 231 Å². The first-order chi connectivity index (χ1) is 18.7. The van der Waals surface area contributed by atoms with Crippen molar-refractivity contribution in [3.05, 3.63) is 71.8 Å². The second-order valence-electron chi connectivity index (χ2n) is 10.3. The van der Waals surface area contributed by atoms with Gasteiger partial charge in [-0.3, -0.25) is 4.79 Å². The summed E-state index contributed by atoms with van der Waals surface area (Å²) < 4.78 is 11.0. The van der Waals surface area contributed by atoms with Crippen molar-refractivity contribution >= 4 is 25.5 Å². The maximum absolute atomic E-state index is 12.5. The number of benzene rings is 3. The molecule has 9 heteroatoms. The molecular formula is C30H38N4O4Si. The SMILES string of the molecule is CO[Si](C)(CCCNC(=O)CCc1cc(C(C)C)c(O)c(-n2nc3ccc(-c4ccccc4)cc3n2)c1)OC. The second-order valence-corrected chi connectivity index (χ2v) is 13.8. The molecule has 206 valence electrons. The number of phenols is 1. The average molecular weight is 547 g/mol. The van der Waals surface area contributed by atoms with Crippen LogP contribution >= 0.6 is 0 Å². The number of aromatic hydroxyl groups is 1. The lowest BCUT2D eigenvalue weighted by Gasteiger charge is -2.22. The van der Waals surface area contributed by atoms with Crippen LogP contribution in [0.3, 0.4) is 0 Å². The molecule has 4 rings (SSSR count). The number of hydrogen-bond acceptors (Lipinski definition) is 6. The van der Waals surface area contributed by atoms with Crippen molar-refractivity contribution in [1.29, 1.82) is 0 Å². The molecule has 1 heterocycles. The largest absolute Gasteiger partial charge is 0.505 e. The Balaban J connectivity index is 1.50. The molecule has 0 fully saturated rings. The maximum Gasteiger partial charge on any atom is 0.334 e. The van der Waals surface area contributed by atoms with Gasteiger partial charge in [0.25, 0.3) is 0 Å². The number of phenolic OH excluding ortho intramolecular Hbond substituents is 1. The Morgan fingerprint density at radius 1 is 1.00 bits per heavy atom. The molecule has 0 bridgehead atoms. The van der Waals surface area contributed by atoms with E-state index in [4.69, 9.17) is 14.0 Å². The lowest BCUT2D eigenvalue weighted by Crippen LogP contribution is -2.37. The predicted octanol–water partition coefficient (Wildman–Crippen LogP) is 5.72. The van der Waals surface area contributed by atoms with Gasteiger partial charge in [-0.05, 0) is 71.8 Å². The van der Waals surface area contributed by atoms with Gasteiger partial charge in [-0.2, -0.15) is 0 Å². The van der Waals surface area contributed by atoms with E-state index in [-0.39, 0.29) is 17.6 Å². The average Bonchev–Trinajstić information content (AvgIpc) is 3.38. The van der Waals surface area contributed by atoms with Gasteiger partial charge in [0.15, 0.2) is 0 Å². The summed E-state index contributed by atoms with van der Waals surface area (Å²) in [6.45, 7) is 6.67. The van der Waals surface area contributed by atoms with E-state index in [1.807, 2.05) is 68.9 Å². The van der Waals surface area contributed by atoms with Crippen LogP contribution in [0.5, 0.6) is 5.75 Å². The molecule has 8 nitrogen and oxygen atoms in total. The molecule has 0 radical (unpaired) electrons. The van der Waals surface area contributed by atoms with E-state index in [2.05, 4.69) is 22.5 Å². The summed E-state index contributed by atoms with van der Waals surface area (Å²) in [5.74, 6) is 0.239. The second kappa shape index (κ2) is 12.5. The van der Waals surface area contributed by atoms with Crippen LogP contribution in [0, 0.1) is 0 Å². The lowest BCUT2D eigenvalue weighted by molar-refractivity contribution is -0.121. The molecule has 0 saturated heterocycles. The molecule has 3 aromatic carbocycles. The summed E-state index contributed by atoms with van der Waals surface area (Å²) >= 11 is 0. The summed E-state index contributed by atoms with van der Waals surface area (Å²) in [7, 11) is 1.23. The highest BCUT2D eigenvalue weighted by Gasteiger charge is 2.27. The lowest BCUT2D eigenvalue weighted by atomic mass is 9.96. The number of carbonyl (C=O) groups is 1. The Hall–Kier alpha value is -3.53. The number of aromatic nitrogens is 3. The Morgan fingerprint density at radius 3 is 2.41 bits per heavy atom. The zero-order chi connectivity index (χ0) is 28.0. The molecule has 2 N–H and O–H groups in total. The van der Waals surface area contributed by atoms with Crippen LogP contribution < -0.4 is 5.32 Å². The number of fused-ring (bicyclic) bond motifs is 1. The van der Waals surface area contributed by atoms with Gasteiger partial charge >= 0.3 is 8.56 Å². The third kappa shape index (κ3) is 6.92. The van der Waals surface area contributed by atoms with Gasteiger partial charge < -0.3 is 19.3 Å². The standard InChI is InChI=1S/C30H38N4O4Si/c1-21(2)25-18-22(12-15-29(35)31-16-9-17-39(5,37-3)38-4)19-28(30(25)36)34-32-26-14-13-24(20-27(26)33-34)23-10-7-6-8-11-23/h6-8,10-11,13-14,18-21,36H,9,12,15-17H2,1-5H3,(H,31,35). The van der Waals surface area contributed by atoms with Crippen molar-refractivity contribution in [2.24, 2.45) is 0 Å². The van der Waals surface area contributed by atoms with Crippen LogP contribution in [0.2, 0.25) is 12.6 Å². The van der Waals surface area contributed by atoms with E-state index in [1.165, 1.54) is 4.80 Å². The zero-order valence-electron chi connectivity index (χ0n) is 23.4. The van der Waals surface area contributed by atoms with Crippen LogP contribution in [0.4, 0.5) is 0 Å². The van der Waals surface area contributed by atoms with Gasteiger partial charge in [-0.25, -0.2) is 0 Å². The topological polar surface area (TPSA) is 98.5 Å². The first-order valence-corrected chi connectivity index (χ1v) is 15.9. The highest BCUT2D eigenvalue weighted by Crippen LogP contribution is 2.34. The van der Waals surface area contributed by atoms with Gasteiger partial charge in [0.1, 0.15) is 22.5 Å². The van der Waals surface area contributed by atoms with Gasteiger partial charge in [0.2, 0.25) is 5.91 Å². The quantitative estimate of drug-likeness (QED) is 0.174. The molecule has 39 heavy (non-hydrogen) atoms. The van der Waals surface area contributed by atoms with Gasteiger partial charge in [0.05, 0.1) is 0 Å².